The third-order valence-electron chi connectivity index (χ3n) is 2.44. The van der Waals surface area contributed by atoms with Crippen molar-refractivity contribution in [1.82, 2.24) is 14.8 Å². The number of nitrogens with two attached hydrogens (primary N) is 1. The first-order valence-electron chi connectivity index (χ1n) is 6.06. The minimum Gasteiger partial charge on any atom is -0.394 e. The van der Waals surface area contributed by atoms with Crippen LogP contribution >= 0.6 is 11.6 Å². The van der Waals surface area contributed by atoms with Gasteiger partial charge in [-0.3, -0.25) is 4.79 Å². The Morgan fingerprint density at radius 1 is 1.43 bits per heavy atom. The third-order valence-corrected chi connectivity index (χ3v) is 2.69. The number of ether oxygens (including phenoxy) is 1. The number of carbonyl (C=O) groups is 1. The van der Waals surface area contributed by atoms with Crippen LogP contribution in [0.2, 0.25) is 5.02 Å². The van der Waals surface area contributed by atoms with Crippen LogP contribution in [0.1, 0.15) is 10.6 Å². The minimum absolute atomic E-state index is 0.0142. The highest BCUT2D eigenvalue weighted by molar-refractivity contribution is 6.30. The second-order valence-electron chi connectivity index (χ2n) is 4.02. The number of nitrogens with one attached hydrogen (secondary N) is 1. The van der Waals surface area contributed by atoms with Gasteiger partial charge >= 0.3 is 0 Å². The van der Waals surface area contributed by atoms with E-state index in [4.69, 9.17) is 27.2 Å². The van der Waals surface area contributed by atoms with Crippen molar-refractivity contribution >= 4 is 29.1 Å². The van der Waals surface area contributed by atoms with Crippen molar-refractivity contribution in [3.63, 3.8) is 0 Å². The smallest absolute Gasteiger partial charge is 0.293 e. The highest BCUT2D eigenvalue weighted by atomic mass is 35.5. The normalized spacial score (nSPS) is 10.6. The molecule has 0 radical (unpaired) electrons. The lowest BCUT2D eigenvalue weighted by atomic mass is 10.3. The number of hydrogen-bond donors (Lipinski definition) is 3. The van der Waals surface area contributed by atoms with Crippen molar-refractivity contribution in [2.75, 3.05) is 24.3 Å². The maximum absolute atomic E-state index is 12.1. The van der Waals surface area contributed by atoms with Crippen molar-refractivity contribution in [2.24, 2.45) is 0 Å². The Balaban J connectivity index is 2.09. The Morgan fingerprint density at radius 3 is 2.81 bits per heavy atom. The quantitative estimate of drug-likeness (QED) is 0.677. The lowest BCUT2D eigenvalue weighted by Gasteiger charge is -2.07. The Hall–Kier alpha value is -2.16. The third kappa shape index (κ3) is 4.15. The number of halogens is 1. The van der Waals surface area contributed by atoms with E-state index in [0.29, 0.717) is 10.7 Å². The molecule has 4 N–H and O–H groups in total. The second-order valence-corrected chi connectivity index (χ2v) is 4.45. The van der Waals surface area contributed by atoms with E-state index in [9.17, 15) is 4.79 Å². The molecule has 0 spiro atoms. The first-order chi connectivity index (χ1) is 10.1. The standard InChI is InChI=1S/C12H14ClN5O3/c13-8-1-3-9(4-2-8)15-11(20)10-16-12(14)17-18(10)7-21-6-5-19/h1-4,19H,5-7H2,(H2,14,17)(H,15,20). The lowest BCUT2D eigenvalue weighted by molar-refractivity contribution is 0.0401. The molecular formula is C12H14ClN5O3. The molecule has 0 saturated carbocycles. The summed E-state index contributed by atoms with van der Waals surface area (Å²) in [5.41, 5.74) is 6.05. The molecule has 112 valence electrons. The highest BCUT2D eigenvalue weighted by Crippen LogP contribution is 2.14. The summed E-state index contributed by atoms with van der Waals surface area (Å²) in [6, 6.07) is 6.63. The molecule has 0 fully saturated rings. The first-order valence-corrected chi connectivity index (χ1v) is 6.44. The number of aromatic nitrogens is 3. The van der Waals surface area contributed by atoms with Gasteiger partial charge < -0.3 is 20.9 Å². The number of nitrogen functional groups attached to an aromatic ring is 1. The molecule has 1 aromatic carbocycles. The van der Waals surface area contributed by atoms with E-state index in [1.54, 1.807) is 24.3 Å². The van der Waals surface area contributed by atoms with E-state index in [0.717, 1.165) is 0 Å². The van der Waals surface area contributed by atoms with Gasteiger partial charge in [0.25, 0.3) is 5.91 Å². The molecule has 0 atom stereocenters. The van der Waals surface area contributed by atoms with E-state index in [1.165, 1.54) is 4.68 Å². The Bertz CT molecular complexity index is 614. The average Bonchev–Trinajstić information content (AvgIpc) is 2.83. The summed E-state index contributed by atoms with van der Waals surface area (Å²) < 4.78 is 6.31. The van der Waals surface area contributed by atoms with E-state index in [-0.39, 0.29) is 31.7 Å². The molecule has 2 aromatic rings. The molecule has 1 amide bonds. The Kier molecular flexibility index (Phi) is 5.09. The number of aliphatic hydroxyl groups excluding tert-OH is 1. The number of nitrogens with zero attached hydrogens (tertiary/aromatic N) is 3. The van der Waals surface area contributed by atoms with Crippen LogP contribution in [0.4, 0.5) is 11.6 Å². The second kappa shape index (κ2) is 7.02. The number of aliphatic hydroxyl groups is 1. The van der Waals surface area contributed by atoms with Gasteiger partial charge in [-0.25, -0.2) is 4.68 Å². The number of carbonyl (C=O) groups excluding carboxylic acids is 1. The summed E-state index contributed by atoms with van der Waals surface area (Å²) >= 11 is 5.77. The molecule has 0 aliphatic carbocycles. The topological polar surface area (TPSA) is 115 Å². The van der Waals surface area contributed by atoms with Crippen molar-refractivity contribution < 1.29 is 14.6 Å². The monoisotopic (exact) mass is 311 g/mol. The fraction of sp³-hybridized carbons (Fsp3) is 0.250. The van der Waals surface area contributed by atoms with Crippen molar-refractivity contribution in [2.45, 2.75) is 6.73 Å². The molecule has 0 unspecified atom stereocenters. The van der Waals surface area contributed by atoms with Crippen molar-refractivity contribution in [1.29, 1.82) is 0 Å². The van der Waals surface area contributed by atoms with Crippen LogP contribution < -0.4 is 11.1 Å². The Morgan fingerprint density at radius 2 is 2.14 bits per heavy atom. The van der Waals surface area contributed by atoms with Gasteiger partial charge in [0, 0.05) is 10.7 Å². The zero-order chi connectivity index (χ0) is 15.2. The van der Waals surface area contributed by atoms with E-state index in [2.05, 4.69) is 15.4 Å². The first kappa shape index (κ1) is 15.2. The van der Waals surface area contributed by atoms with Crippen molar-refractivity contribution in [3.05, 3.63) is 35.1 Å². The SMILES string of the molecule is Nc1nc(C(=O)Nc2ccc(Cl)cc2)n(COCCO)n1. The van der Waals surface area contributed by atoms with Crippen LogP contribution in [-0.4, -0.2) is 39.0 Å². The van der Waals surface area contributed by atoms with E-state index in [1.807, 2.05) is 0 Å². The maximum atomic E-state index is 12.1. The predicted molar refractivity (Wildman–Crippen MR) is 76.9 cm³/mol. The molecule has 8 nitrogen and oxygen atoms in total. The van der Waals surface area contributed by atoms with Gasteiger partial charge in [-0.15, -0.1) is 5.10 Å². The van der Waals surface area contributed by atoms with Gasteiger partial charge in [-0.1, -0.05) is 11.6 Å². The fourth-order valence-electron chi connectivity index (χ4n) is 1.55. The van der Waals surface area contributed by atoms with Gasteiger partial charge in [-0.2, -0.15) is 4.98 Å². The van der Waals surface area contributed by atoms with E-state index < -0.39 is 5.91 Å². The minimum atomic E-state index is -0.478. The van der Waals surface area contributed by atoms with Crippen LogP contribution in [0.15, 0.2) is 24.3 Å². The molecule has 2 rings (SSSR count). The highest BCUT2D eigenvalue weighted by Gasteiger charge is 2.16. The molecule has 0 aliphatic rings. The van der Waals surface area contributed by atoms with Gasteiger partial charge in [0.1, 0.15) is 6.73 Å². The van der Waals surface area contributed by atoms with Gasteiger partial charge in [0.15, 0.2) is 0 Å². The molecular weight excluding hydrogens is 298 g/mol. The zero-order valence-corrected chi connectivity index (χ0v) is 11.7. The van der Waals surface area contributed by atoms with E-state index >= 15 is 0 Å². The predicted octanol–water partition coefficient (Wildman–Crippen LogP) is 0.732. The largest absolute Gasteiger partial charge is 0.394 e. The number of anilines is 2. The van der Waals surface area contributed by atoms with Crippen molar-refractivity contribution in [3.8, 4) is 0 Å². The zero-order valence-electron chi connectivity index (χ0n) is 11.0. The maximum Gasteiger partial charge on any atom is 0.293 e. The summed E-state index contributed by atoms with van der Waals surface area (Å²) in [6.07, 6.45) is 0. The summed E-state index contributed by atoms with van der Waals surface area (Å²) in [7, 11) is 0. The summed E-state index contributed by atoms with van der Waals surface area (Å²) in [6.45, 7) is -0.0391. The number of amides is 1. The fourth-order valence-corrected chi connectivity index (χ4v) is 1.68. The van der Waals surface area contributed by atoms with Crippen LogP contribution in [0.5, 0.6) is 0 Å². The number of hydrogen-bond acceptors (Lipinski definition) is 6. The summed E-state index contributed by atoms with van der Waals surface area (Å²) in [5.74, 6) is -0.502. The van der Waals surface area contributed by atoms with Crippen LogP contribution in [-0.2, 0) is 11.5 Å². The lowest BCUT2D eigenvalue weighted by Crippen LogP contribution is -2.20. The van der Waals surface area contributed by atoms with Gasteiger partial charge in [-0.05, 0) is 24.3 Å². The molecule has 0 aliphatic heterocycles. The average molecular weight is 312 g/mol. The molecule has 9 heteroatoms. The van der Waals surface area contributed by atoms with Gasteiger partial charge in [0.05, 0.1) is 13.2 Å². The number of rotatable bonds is 6. The van der Waals surface area contributed by atoms with Crippen LogP contribution in [0.25, 0.3) is 0 Å². The summed E-state index contributed by atoms with van der Waals surface area (Å²) in [4.78, 5) is 16.0. The van der Waals surface area contributed by atoms with Crippen LogP contribution in [0.3, 0.4) is 0 Å². The Labute approximate surface area is 125 Å². The molecule has 0 saturated heterocycles. The molecule has 21 heavy (non-hydrogen) atoms. The molecule has 1 heterocycles. The van der Waals surface area contributed by atoms with Crippen LogP contribution in [0, 0.1) is 0 Å². The van der Waals surface area contributed by atoms with Gasteiger partial charge in [0.2, 0.25) is 11.8 Å². The molecule has 0 bridgehead atoms. The molecule has 1 aromatic heterocycles. The summed E-state index contributed by atoms with van der Waals surface area (Å²) in [5, 5.41) is 15.7. The number of benzene rings is 1.